The van der Waals surface area contributed by atoms with Crippen molar-refractivity contribution in [3.8, 4) is 6.07 Å². The molecule has 0 N–H and O–H groups in total. The minimum absolute atomic E-state index is 0.708. The predicted molar refractivity (Wildman–Crippen MR) is 105 cm³/mol. The van der Waals surface area contributed by atoms with Gasteiger partial charge in [0.1, 0.15) is 5.82 Å². The number of likely N-dealkylation sites (tertiary alicyclic amines) is 1. The standard InChI is InChI=1S/C21H27N5/c1-24-9-5-4-6-18(24)16-25-10-12-26(13-11-25)21-14-17(15-22)19-7-2-3-8-20(19)23-21/h2-3,7-8,14,18H,4-6,9-13,16H2,1H3/t18-/m1/s1. The zero-order valence-corrected chi connectivity index (χ0v) is 15.6. The van der Waals surface area contributed by atoms with Crippen LogP contribution in [0.25, 0.3) is 10.9 Å². The summed E-state index contributed by atoms with van der Waals surface area (Å²) in [6, 6.07) is 12.9. The maximum absolute atomic E-state index is 9.50. The summed E-state index contributed by atoms with van der Waals surface area (Å²) >= 11 is 0. The van der Waals surface area contributed by atoms with Gasteiger partial charge < -0.3 is 9.80 Å². The Morgan fingerprint density at radius 3 is 2.69 bits per heavy atom. The second kappa shape index (κ2) is 7.61. The number of hydrogen-bond acceptors (Lipinski definition) is 5. The highest BCUT2D eigenvalue weighted by Gasteiger charge is 2.25. The number of benzene rings is 1. The molecule has 1 atom stereocenters. The first kappa shape index (κ1) is 17.3. The molecule has 2 aliphatic rings. The van der Waals surface area contributed by atoms with Crippen molar-refractivity contribution in [1.82, 2.24) is 14.8 Å². The molecule has 2 saturated heterocycles. The van der Waals surface area contributed by atoms with Gasteiger partial charge in [0.15, 0.2) is 0 Å². The molecule has 0 amide bonds. The van der Waals surface area contributed by atoms with Crippen molar-refractivity contribution < 1.29 is 0 Å². The molecular weight excluding hydrogens is 322 g/mol. The van der Waals surface area contributed by atoms with E-state index in [9.17, 15) is 5.26 Å². The van der Waals surface area contributed by atoms with Crippen LogP contribution in [0.15, 0.2) is 30.3 Å². The molecule has 0 radical (unpaired) electrons. The van der Waals surface area contributed by atoms with Gasteiger partial charge in [-0.1, -0.05) is 24.6 Å². The fraction of sp³-hybridized carbons (Fsp3) is 0.524. The second-order valence-electron chi connectivity index (χ2n) is 7.57. The number of para-hydroxylation sites is 1. The normalized spacial score (nSPS) is 22.5. The highest BCUT2D eigenvalue weighted by molar-refractivity contribution is 5.86. The average molecular weight is 349 g/mol. The van der Waals surface area contributed by atoms with Crippen LogP contribution in [0.3, 0.4) is 0 Å². The SMILES string of the molecule is CN1CCCC[C@@H]1CN1CCN(c2cc(C#N)c3ccccc3n2)CC1. The van der Waals surface area contributed by atoms with Crippen molar-refractivity contribution in [2.75, 3.05) is 51.2 Å². The Kier molecular flexibility index (Phi) is 5.05. The molecule has 0 bridgehead atoms. The molecule has 1 aromatic carbocycles. The van der Waals surface area contributed by atoms with Crippen molar-refractivity contribution in [1.29, 1.82) is 5.26 Å². The molecule has 0 saturated carbocycles. The number of fused-ring (bicyclic) bond motifs is 1. The topological polar surface area (TPSA) is 46.4 Å². The number of aromatic nitrogens is 1. The van der Waals surface area contributed by atoms with Crippen molar-refractivity contribution in [2.24, 2.45) is 0 Å². The predicted octanol–water partition coefficient (Wildman–Crippen LogP) is 2.71. The van der Waals surface area contributed by atoms with Gasteiger partial charge in [0.25, 0.3) is 0 Å². The van der Waals surface area contributed by atoms with Crippen LogP contribution in [-0.2, 0) is 0 Å². The van der Waals surface area contributed by atoms with E-state index in [2.05, 4.69) is 27.8 Å². The number of rotatable bonds is 3. The molecule has 26 heavy (non-hydrogen) atoms. The van der Waals surface area contributed by atoms with Crippen LogP contribution in [0.4, 0.5) is 5.82 Å². The number of likely N-dealkylation sites (N-methyl/N-ethyl adjacent to an activating group) is 1. The molecule has 0 aliphatic carbocycles. The van der Waals surface area contributed by atoms with E-state index in [1.54, 1.807) is 0 Å². The van der Waals surface area contributed by atoms with Crippen LogP contribution in [0.1, 0.15) is 24.8 Å². The summed E-state index contributed by atoms with van der Waals surface area (Å²) in [6.45, 7) is 6.52. The highest BCUT2D eigenvalue weighted by Crippen LogP contribution is 2.24. The van der Waals surface area contributed by atoms with Crippen molar-refractivity contribution in [3.63, 3.8) is 0 Å². The number of anilines is 1. The minimum atomic E-state index is 0.708. The zero-order chi connectivity index (χ0) is 17.9. The first-order valence-electron chi connectivity index (χ1n) is 9.72. The Hall–Kier alpha value is -2.16. The highest BCUT2D eigenvalue weighted by atomic mass is 15.3. The molecule has 0 unspecified atom stereocenters. The quantitative estimate of drug-likeness (QED) is 0.853. The van der Waals surface area contributed by atoms with Gasteiger partial charge in [0.2, 0.25) is 0 Å². The Balaban J connectivity index is 1.43. The van der Waals surface area contributed by atoms with Crippen LogP contribution in [0.2, 0.25) is 0 Å². The smallest absolute Gasteiger partial charge is 0.130 e. The maximum atomic E-state index is 9.50. The van der Waals surface area contributed by atoms with Gasteiger partial charge in [-0.05, 0) is 38.6 Å². The molecule has 0 spiro atoms. The molecule has 2 fully saturated rings. The van der Waals surface area contributed by atoms with E-state index < -0.39 is 0 Å². The number of nitrogens with zero attached hydrogens (tertiary/aromatic N) is 5. The summed E-state index contributed by atoms with van der Waals surface area (Å²) in [7, 11) is 2.27. The monoisotopic (exact) mass is 349 g/mol. The summed E-state index contributed by atoms with van der Waals surface area (Å²) in [4.78, 5) is 12.3. The van der Waals surface area contributed by atoms with Crippen molar-refractivity contribution in [3.05, 3.63) is 35.9 Å². The molecule has 3 heterocycles. The number of piperidine rings is 1. The third-order valence-corrected chi connectivity index (χ3v) is 5.91. The Bertz CT molecular complexity index is 804. The average Bonchev–Trinajstić information content (AvgIpc) is 2.69. The summed E-state index contributed by atoms with van der Waals surface area (Å²) in [6.07, 6.45) is 4.04. The van der Waals surface area contributed by atoms with E-state index in [1.165, 1.54) is 32.4 Å². The molecule has 2 aliphatic heterocycles. The Morgan fingerprint density at radius 2 is 1.92 bits per heavy atom. The molecular formula is C21H27N5. The van der Waals surface area contributed by atoms with Crippen molar-refractivity contribution in [2.45, 2.75) is 25.3 Å². The second-order valence-corrected chi connectivity index (χ2v) is 7.57. The van der Waals surface area contributed by atoms with Crippen LogP contribution in [0, 0.1) is 11.3 Å². The van der Waals surface area contributed by atoms with E-state index in [1.807, 2.05) is 30.3 Å². The summed E-state index contributed by atoms with van der Waals surface area (Å²) < 4.78 is 0. The fourth-order valence-corrected chi connectivity index (χ4v) is 4.25. The van der Waals surface area contributed by atoms with Gasteiger partial charge in [-0.25, -0.2) is 4.98 Å². The van der Waals surface area contributed by atoms with Crippen molar-refractivity contribution >= 4 is 16.7 Å². The van der Waals surface area contributed by atoms with Gasteiger partial charge in [-0.15, -0.1) is 0 Å². The van der Waals surface area contributed by atoms with Crippen LogP contribution < -0.4 is 4.90 Å². The lowest BCUT2D eigenvalue weighted by molar-refractivity contribution is 0.124. The van der Waals surface area contributed by atoms with Crippen LogP contribution in [0.5, 0.6) is 0 Å². The lowest BCUT2D eigenvalue weighted by Gasteiger charge is -2.40. The number of hydrogen-bond donors (Lipinski definition) is 0. The van der Waals surface area contributed by atoms with Gasteiger partial charge >= 0.3 is 0 Å². The van der Waals surface area contributed by atoms with Crippen LogP contribution >= 0.6 is 0 Å². The van der Waals surface area contributed by atoms with E-state index in [0.717, 1.165) is 48.5 Å². The van der Waals surface area contributed by atoms with E-state index in [-0.39, 0.29) is 0 Å². The number of piperazine rings is 1. The Labute approximate surface area is 155 Å². The third-order valence-electron chi connectivity index (χ3n) is 5.91. The van der Waals surface area contributed by atoms with Gasteiger partial charge in [0, 0.05) is 44.2 Å². The molecule has 4 rings (SSSR count). The fourth-order valence-electron chi connectivity index (χ4n) is 4.25. The summed E-state index contributed by atoms with van der Waals surface area (Å²) in [5.41, 5.74) is 1.63. The molecule has 2 aromatic rings. The van der Waals surface area contributed by atoms with E-state index in [4.69, 9.17) is 4.98 Å². The molecule has 5 nitrogen and oxygen atoms in total. The van der Waals surface area contributed by atoms with Gasteiger partial charge in [-0.2, -0.15) is 5.26 Å². The van der Waals surface area contributed by atoms with E-state index >= 15 is 0 Å². The number of pyridine rings is 1. The Morgan fingerprint density at radius 1 is 1.12 bits per heavy atom. The maximum Gasteiger partial charge on any atom is 0.130 e. The first-order valence-corrected chi connectivity index (χ1v) is 9.72. The summed E-state index contributed by atoms with van der Waals surface area (Å²) in [5.74, 6) is 0.940. The van der Waals surface area contributed by atoms with E-state index in [0.29, 0.717) is 6.04 Å². The lowest BCUT2D eigenvalue weighted by atomic mass is 10.0. The molecule has 5 heteroatoms. The molecule has 136 valence electrons. The first-order chi connectivity index (χ1) is 12.7. The molecule has 1 aromatic heterocycles. The minimum Gasteiger partial charge on any atom is -0.354 e. The lowest BCUT2D eigenvalue weighted by Crippen LogP contribution is -2.52. The van der Waals surface area contributed by atoms with Gasteiger partial charge in [-0.3, -0.25) is 4.90 Å². The largest absolute Gasteiger partial charge is 0.354 e. The summed E-state index contributed by atoms with van der Waals surface area (Å²) in [5, 5.41) is 10.4. The number of nitriles is 1. The third kappa shape index (κ3) is 3.53. The van der Waals surface area contributed by atoms with Gasteiger partial charge in [0.05, 0.1) is 17.1 Å². The van der Waals surface area contributed by atoms with Crippen LogP contribution in [-0.4, -0.2) is 67.1 Å². The zero-order valence-electron chi connectivity index (χ0n) is 15.6.